The van der Waals surface area contributed by atoms with Crippen molar-refractivity contribution in [3.63, 3.8) is 0 Å². The van der Waals surface area contributed by atoms with Gasteiger partial charge in [0.05, 0.1) is 6.10 Å². The van der Waals surface area contributed by atoms with E-state index in [0.717, 1.165) is 44.2 Å². The number of piperidine rings is 1. The maximum absolute atomic E-state index is 6.18. The summed E-state index contributed by atoms with van der Waals surface area (Å²) in [5.41, 5.74) is 2.58. The topological polar surface area (TPSA) is 24.5 Å². The molecule has 2 rings (SSSR count). The number of halogens is 1. The van der Waals surface area contributed by atoms with Gasteiger partial charge in [-0.2, -0.15) is 0 Å². The van der Waals surface area contributed by atoms with Crippen LogP contribution in [0.15, 0.2) is 18.2 Å². The van der Waals surface area contributed by atoms with Gasteiger partial charge in [0, 0.05) is 37.0 Å². The average Bonchev–Trinajstić information content (AvgIpc) is 2.48. The summed E-state index contributed by atoms with van der Waals surface area (Å²) in [4.78, 5) is 2.45. The van der Waals surface area contributed by atoms with Crippen LogP contribution >= 0.6 is 11.6 Å². The molecule has 0 spiro atoms. The van der Waals surface area contributed by atoms with E-state index in [2.05, 4.69) is 36.2 Å². The maximum Gasteiger partial charge on any atom is 0.0750 e. The predicted octanol–water partition coefficient (Wildman–Crippen LogP) is 3.84. The molecule has 1 aliphatic rings. The van der Waals surface area contributed by atoms with Crippen molar-refractivity contribution in [2.45, 2.75) is 45.8 Å². The van der Waals surface area contributed by atoms with Crippen LogP contribution in [0.4, 0.5) is 5.69 Å². The molecular weight excluding hydrogens is 284 g/mol. The first-order valence-corrected chi connectivity index (χ1v) is 8.48. The highest BCUT2D eigenvalue weighted by molar-refractivity contribution is 6.30. The predicted molar refractivity (Wildman–Crippen MR) is 90.3 cm³/mol. The smallest absolute Gasteiger partial charge is 0.0750 e. The van der Waals surface area contributed by atoms with Gasteiger partial charge in [-0.05, 0) is 56.5 Å². The maximum atomic E-state index is 6.18. The second-order valence-corrected chi connectivity index (χ2v) is 6.05. The van der Waals surface area contributed by atoms with Crippen LogP contribution in [0.2, 0.25) is 5.02 Å². The molecule has 0 aliphatic carbocycles. The van der Waals surface area contributed by atoms with E-state index in [1.54, 1.807) is 0 Å². The number of anilines is 1. The average molecular weight is 311 g/mol. The summed E-state index contributed by atoms with van der Waals surface area (Å²) >= 11 is 6.18. The largest absolute Gasteiger partial charge is 0.377 e. The number of benzene rings is 1. The second kappa shape index (κ2) is 8.62. The summed E-state index contributed by atoms with van der Waals surface area (Å²) < 4.78 is 5.81. The van der Waals surface area contributed by atoms with Crippen LogP contribution in [-0.2, 0) is 11.3 Å². The molecule has 1 aliphatic heterocycles. The van der Waals surface area contributed by atoms with E-state index in [9.17, 15) is 0 Å². The summed E-state index contributed by atoms with van der Waals surface area (Å²) in [5.74, 6) is 0. The molecule has 0 amide bonds. The fourth-order valence-electron chi connectivity index (χ4n) is 2.93. The van der Waals surface area contributed by atoms with Crippen molar-refractivity contribution in [1.29, 1.82) is 0 Å². The third-order valence-electron chi connectivity index (χ3n) is 3.90. The highest BCUT2D eigenvalue weighted by Gasteiger charge is 2.21. The zero-order valence-electron chi connectivity index (χ0n) is 13.2. The molecule has 1 N–H and O–H groups in total. The van der Waals surface area contributed by atoms with Crippen molar-refractivity contribution in [3.05, 3.63) is 28.8 Å². The van der Waals surface area contributed by atoms with Crippen LogP contribution in [0, 0.1) is 0 Å². The van der Waals surface area contributed by atoms with Gasteiger partial charge in [-0.25, -0.2) is 0 Å². The first-order chi connectivity index (χ1) is 10.2. The Morgan fingerprint density at radius 1 is 1.38 bits per heavy atom. The Balaban J connectivity index is 2.09. The number of hydrogen-bond acceptors (Lipinski definition) is 3. The van der Waals surface area contributed by atoms with E-state index in [-0.39, 0.29) is 0 Å². The quantitative estimate of drug-likeness (QED) is 0.774. The van der Waals surface area contributed by atoms with Gasteiger partial charge in [0.25, 0.3) is 0 Å². The fourth-order valence-corrected chi connectivity index (χ4v) is 3.13. The number of ether oxygens (including phenoxy) is 1. The van der Waals surface area contributed by atoms with Gasteiger partial charge in [-0.1, -0.05) is 18.5 Å². The molecule has 0 saturated carbocycles. The van der Waals surface area contributed by atoms with Gasteiger partial charge >= 0.3 is 0 Å². The van der Waals surface area contributed by atoms with Crippen molar-refractivity contribution in [3.8, 4) is 0 Å². The summed E-state index contributed by atoms with van der Waals surface area (Å²) in [6.45, 7) is 9.05. The van der Waals surface area contributed by atoms with Gasteiger partial charge in [-0.15, -0.1) is 0 Å². The third kappa shape index (κ3) is 4.87. The summed E-state index contributed by atoms with van der Waals surface area (Å²) in [5, 5.41) is 4.29. The van der Waals surface area contributed by atoms with Gasteiger partial charge < -0.3 is 15.0 Å². The lowest BCUT2D eigenvalue weighted by Crippen LogP contribution is -2.40. The zero-order chi connectivity index (χ0) is 15.1. The minimum Gasteiger partial charge on any atom is -0.377 e. The molecule has 1 unspecified atom stereocenters. The Kier molecular flexibility index (Phi) is 6.81. The van der Waals surface area contributed by atoms with Crippen molar-refractivity contribution >= 4 is 17.3 Å². The lowest BCUT2D eigenvalue weighted by atomic mass is 10.0. The molecule has 1 aromatic carbocycles. The Hall–Kier alpha value is -0.770. The van der Waals surface area contributed by atoms with Crippen molar-refractivity contribution in [1.82, 2.24) is 5.32 Å². The lowest BCUT2D eigenvalue weighted by Gasteiger charge is -2.35. The second-order valence-electron chi connectivity index (χ2n) is 5.62. The fraction of sp³-hybridized carbons (Fsp3) is 0.647. The van der Waals surface area contributed by atoms with Gasteiger partial charge in [-0.3, -0.25) is 0 Å². The molecule has 1 heterocycles. The molecule has 118 valence electrons. The monoisotopic (exact) mass is 310 g/mol. The van der Waals surface area contributed by atoms with E-state index in [1.807, 2.05) is 6.07 Å². The Labute approximate surface area is 133 Å². The highest BCUT2D eigenvalue weighted by Crippen LogP contribution is 2.27. The first kappa shape index (κ1) is 16.6. The van der Waals surface area contributed by atoms with Crippen molar-refractivity contribution in [2.24, 2.45) is 0 Å². The Morgan fingerprint density at radius 2 is 2.24 bits per heavy atom. The molecule has 3 nitrogen and oxygen atoms in total. The van der Waals surface area contributed by atoms with E-state index < -0.39 is 0 Å². The van der Waals surface area contributed by atoms with Gasteiger partial charge in [0.2, 0.25) is 0 Å². The highest BCUT2D eigenvalue weighted by atomic mass is 35.5. The molecule has 4 heteroatoms. The lowest BCUT2D eigenvalue weighted by molar-refractivity contribution is 0.0526. The SMILES string of the molecule is CCCNCc1cc(Cl)ccc1N1CCCC(OCC)C1. The normalized spacial score (nSPS) is 19.0. The molecule has 0 bridgehead atoms. The van der Waals surface area contributed by atoms with E-state index >= 15 is 0 Å². The molecule has 1 fully saturated rings. The van der Waals surface area contributed by atoms with E-state index in [0.29, 0.717) is 6.10 Å². The third-order valence-corrected chi connectivity index (χ3v) is 4.14. The van der Waals surface area contributed by atoms with Crippen LogP contribution in [-0.4, -0.2) is 32.3 Å². The number of rotatable bonds is 7. The minimum atomic E-state index is 0.357. The molecular formula is C17H27ClN2O. The molecule has 1 aromatic rings. The number of hydrogen-bond donors (Lipinski definition) is 1. The van der Waals surface area contributed by atoms with E-state index in [1.165, 1.54) is 24.1 Å². The Morgan fingerprint density at radius 3 is 3.00 bits per heavy atom. The molecule has 0 aromatic heterocycles. The van der Waals surface area contributed by atoms with Crippen LogP contribution in [0.1, 0.15) is 38.7 Å². The summed E-state index contributed by atoms with van der Waals surface area (Å²) in [6, 6.07) is 6.23. The number of nitrogens with zero attached hydrogens (tertiary/aromatic N) is 1. The molecule has 21 heavy (non-hydrogen) atoms. The van der Waals surface area contributed by atoms with Crippen LogP contribution in [0.25, 0.3) is 0 Å². The molecule has 1 saturated heterocycles. The van der Waals surface area contributed by atoms with Crippen LogP contribution in [0.5, 0.6) is 0 Å². The Bertz CT molecular complexity index is 437. The van der Waals surface area contributed by atoms with Crippen LogP contribution < -0.4 is 10.2 Å². The molecule has 1 atom stereocenters. The molecule has 0 radical (unpaired) electrons. The van der Waals surface area contributed by atoms with Crippen molar-refractivity contribution < 1.29 is 4.74 Å². The first-order valence-electron chi connectivity index (χ1n) is 8.10. The van der Waals surface area contributed by atoms with Crippen molar-refractivity contribution in [2.75, 3.05) is 31.1 Å². The standard InChI is InChI=1S/C17H27ClN2O/c1-3-9-19-12-14-11-15(18)7-8-17(14)20-10-5-6-16(13-20)21-4-2/h7-8,11,16,19H,3-6,9-10,12-13H2,1-2H3. The number of nitrogens with one attached hydrogen (secondary N) is 1. The summed E-state index contributed by atoms with van der Waals surface area (Å²) in [7, 11) is 0. The van der Waals surface area contributed by atoms with Gasteiger partial charge in [0.1, 0.15) is 0 Å². The van der Waals surface area contributed by atoms with Crippen LogP contribution in [0.3, 0.4) is 0 Å². The minimum absolute atomic E-state index is 0.357. The van der Waals surface area contributed by atoms with E-state index in [4.69, 9.17) is 16.3 Å². The summed E-state index contributed by atoms with van der Waals surface area (Å²) in [6.07, 6.45) is 3.86. The zero-order valence-corrected chi connectivity index (χ0v) is 14.0. The van der Waals surface area contributed by atoms with Gasteiger partial charge in [0.15, 0.2) is 0 Å².